The first-order valence-corrected chi connectivity index (χ1v) is 2.01. The minimum atomic E-state index is -0.880. The smallest absolute Gasteiger partial charge is 0.550 e. The van der Waals surface area contributed by atoms with Gasteiger partial charge in [0.1, 0.15) is 0 Å². The fourth-order valence-electron chi connectivity index (χ4n) is 0.319. The van der Waals surface area contributed by atoms with Gasteiger partial charge in [0.15, 0.2) is 0 Å². The maximum Gasteiger partial charge on any atom is 1.00 e. The quantitative estimate of drug-likeness (QED) is 0.452. The van der Waals surface area contributed by atoms with Gasteiger partial charge in [-0.1, -0.05) is 0 Å². The van der Waals surface area contributed by atoms with Crippen molar-refractivity contribution in [2.45, 2.75) is 12.8 Å². The van der Waals surface area contributed by atoms with Gasteiger partial charge in [0.05, 0.1) is 0 Å². The zero-order chi connectivity index (χ0) is 4.57. The van der Waals surface area contributed by atoms with E-state index >= 15 is 0 Å². The summed E-state index contributed by atoms with van der Waals surface area (Å²) in [5.41, 5.74) is 0. The van der Waals surface area contributed by atoms with Gasteiger partial charge < -0.3 is 9.90 Å². The minimum Gasteiger partial charge on any atom is -0.550 e. The van der Waals surface area contributed by atoms with Gasteiger partial charge in [-0.3, -0.25) is 0 Å². The summed E-state index contributed by atoms with van der Waals surface area (Å²) in [4.78, 5) is 9.65. The van der Waals surface area contributed by atoms with Crippen molar-refractivity contribution in [1.29, 1.82) is 0 Å². The Morgan fingerprint density at radius 3 is 2.00 bits per heavy atom. The zero-order valence-electron chi connectivity index (χ0n) is 4.31. The molecule has 34 valence electrons. The van der Waals surface area contributed by atoms with Crippen molar-refractivity contribution in [3.63, 3.8) is 0 Å². The Labute approximate surface area is 101 Å². The van der Waals surface area contributed by atoms with Gasteiger partial charge >= 0.3 is 68.9 Å². The predicted molar refractivity (Wildman–Crippen MR) is 17.7 cm³/mol. The second-order valence-electron chi connectivity index (χ2n) is 1.59. The van der Waals surface area contributed by atoms with Gasteiger partial charge in [0, 0.05) is 5.97 Å². The van der Waals surface area contributed by atoms with E-state index in [2.05, 4.69) is 0 Å². The van der Waals surface area contributed by atoms with E-state index in [9.17, 15) is 9.90 Å². The summed E-state index contributed by atoms with van der Waals surface area (Å²) in [6, 6.07) is 0. The third kappa shape index (κ3) is 3.16. The summed E-state index contributed by atoms with van der Waals surface area (Å²) in [5, 5.41) is 9.65. The minimum absolute atomic E-state index is 0. The summed E-state index contributed by atoms with van der Waals surface area (Å²) < 4.78 is 0. The first-order chi connectivity index (χ1) is 2.80. The van der Waals surface area contributed by atoms with Gasteiger partial charge in [0.2, 0.25) is 0 Å². The molecule has 3 heteroatoms. The normalized spacial score (nSPS) is 17.7. The molecule has 0 aromatic carbocycles. The summed E-state index contributed by atoms with van der Waals surface area (Å²) in [6.45, 7) is 0. The number of carboxylic acid groups (broad SMARTS) is 1. The molecule has 0 saturated heterocycles. The van der Waals surface area contributed by atoms with Gasteiger partial charge in [-0.25, -0.2) is 0 Å². The molecule has 0 N–H and O–H groups in total. The van der Waals surface area contributed by atoms with E-state index in [0.29, 0.717) is 0 Å². The summed E-state index contributed by atoms with van der Waals surface area (Å²) in [7, 11) is 0. The van der Waals surface area contributed by atoms with Crippen LogP contribution in [0.2, 0.25) is 0 Å². The average Bonchev–Trinajstić information content (AvgIpc) is 2.06. The second kappa shape index (κ2) is 3.53. The molecule has 1 fully saturated rings. The topological polar surface area (TPSA) is 40.1 Å². The van der Waals surface area contributed by atoms with Crippen LogP contribution < -0.4 is 74.0 Å². The van der Waals surface area contributed by atoms with Gasteiger partial charge in [-0.05, 0) is 18.8 Å². The second-order valence-corrected chi connectivity index (χ2v) is 1.59. The Balaban J connectivity index is 0.000000360. The largest absolute Gasteiger partial charge is 1.00 e. The van der Waals surface area contributed by atoms with Crippen LogP contribution in [0.15, 0.2) is 0 Å². The van der Waals surface area contributed by atoms with E-state index in [4.69, 9.17) is 0 Å². The molecular weight excluding hydrogens is 213 g/mol. The number of carbonyl (C=O) groups excluding carboxylic acids is 1. The molecule has 1 saturated carbocycles. The Hall–Kier alpha value is 1.52. The fraction of sp³-hybridized carbons (Fsp3) is 0.750. The number of carbonyl (C=O) groups is 1. The average molecular weight is 218 g/mol. The fourth-order valence-corrected chi connectivity index (χ4v) is 0.319. The summed E-state index contributed by atoms with van der Waals surface area (Å²) in [5.74, 6) is -0.972. The van der Waals surface area contributed by atoms with Crippen LogP contribution in [0.3, 0.4) is 0 Å². The van der Waals surface area contributed by atoms with Crippen molar-refractivity contribution in [2.75, 3.05) is 0 Å². The van der Waals surface area contributed by atoms with Gasteiger partial charge in [-0.15, -0.1) is 0 Å². The number of carboxylic acids is 1. The van der Waals surface area contributed by atoms with E-state index in [1.54, 1.807) is 0 Å². The molecule has 1 aliphatic rings. The van der Waals surface area contributed by atoms with E-state index in [-0.39, 0.29) is 74.8 Å². The molecule has 0 atom stereocenters. The van der Waals surface area contributed by atoms with Crippen molar-refractivity contribution in [3.05, 3.63) is 0 Å². The maximum atomic E-state index is 9.65. The molecule has 0 aromatic rings. The van der Waals surface area contributed by atoms with Crippen molar-refractivity contribution >= 4 is 5.97 Å². The molecule has 0 unspecified atom stereocenters. The molecule has 0 radical (unpaired) electrons. The van der Waals surface area contributed by atoms with Gasteiger partial charge in [-0.2, -0.15) is 0 Å². The van der Waals surface area contributed by atoms with Crippen LogP contribution >= 0.6 is 0 Å². The Kier molecular flexibility index (Phi) is 4.30. The number of hydrogen-bond acceptors (Lipinski definition) is 2. The standard InChI is InChI=1S/C4H6O2.Cs/c5-4(6)3-1-2-3;/h3H,1-2H2,(H,5,6);/q;+1/p-1. The molecule has 0 amide bonds. The Morgan fingerprint density at radius 1 is 1.57 bits per heavy atom. The predicted octanol–water partition coefficient (Wildman–Crippen LogP) is -3.85. The van der Waals surface area contributed by atoms with Crippen molar-refractivity contribution < 1.29 is 78.8 Å². The first-order valence-electron chi connectivity index (χ1n) is 2.01. The molecule has 0 heterocycles. The summed E-state index contributed by atoms with van der Waals surface area (Å²) >= 11 is 0. The molecule has 2 nitrogen and oxygen atoms in total. The van der Waals surface area contributed by atoms with Crippen LogP contribution in [0.25, 0.3) is 0 Å². The molecule has 0 bridgehead atoms. The van der Waals surface area contributed by atoms with Crippen molar-refractivity contribution in [2.24, 2.45) is 5.92 Å². The van der Waals surface area contributed by atoms with Crippen LogP contribution in [-0.2, 0) is 4.79 Å². The maximum absolute atomic E-state index is 9.65. The van der Waals surface area contributed by atoms with E-state index in [1.807, 2.05) is 0 Å². The van der Waals surface area contributed by atoms with Crippen LogP contribution in [0.5, 0.6) is 0 Å². The summed E-state index contributed by atoms with van der Waals surface area (Å²) in [6.07, 6.45) is 1.67. The molecule has 1 aliphatic carbocycles. The first kappa shape index (κ1) is 8.52. The zero-order valence-corrected chi connectivity index (χ0v) is 10.6. The van der Waals surface area contributed by atoms with Crippen molar-refractivity contribution in [3.8, 4) is 0 Å². The number of aliphatic carboxylic acids is 1. The monoisotopic (exact) mass is 218 g/mol. The third-order valence-electron chi connectivity index (χ3n) is 0.911. The number of hydrogen-bond donors (Lipinski definition) is 0. The molecule has 0 aliphatic heterocycles. The number of rotatable bonds is 1. The SMILES string of the molecule is O=C([O-])C1CC1.[Cs+]. The molecular formula is C4H5CsO2. The van der Waals surface area contributed by atoms with Crippen molar-refractivity contribution in [1.82, 2.24) is 0 Å². The van der Waals surface area contributed by atoms with Crippen LogP contribution in [0, 0.1) is 5.92 Å². The van der Waals surface area contributed by atoms with E-state index in [1.165, 1.54) is 0 Å². The van der Waals surface area contributed by atoms with Gasteiger partial charge in [0.25, 0.3) is 0 Å². The van der Waals surface area contributed by atoms with E-state index in [0.717, 1.165) is 12.8 Å². The van der Waals surface area contributed by atoms with E-state index < -0.39 is 5.97 Å². The molecule has 1 rings (SSSR count). The van der Waals surface area contributed by atoms with Crippen LogP contribution in [0.4, 0.5) is 0 Å². The van der Waals surface area contributed by atoms with Crippen LogP contribution in [0.1, 0.15) is 12.8 Å². The molecule has 7 heavy (non-hydrogen) atoms. The molecule has 0 spiro atoms. The van der Waals surface area contributed by atoms with Crippen LogP contribution in [-0.4, -0.2) is 5.97 Å². The third-order valence-corrected chi connectivity index (χ3v) is 0.911. The Bertz CT molecular complexity index is 77.8. The molecule has 0 aromatic heterocycles. The Morgan fingerprint density at radius 2 is 2.00 bits per heavy atom.